The number of amides is 1. The Kier molecular flexibility index (Phi) is 3.03. The molecule has 98 valence electrons. The maximum atomic E-state index is 12.5. The first kappa shape index (κ1) is 11.9. The number of nitrogens with zero attached hydrogens (tertiary/aromatic N) is 4. The van der Waals surface area contributed by atoms with Gasteiger partial charge in [0.05, 0.1) is 12.2 Å². The minimum atomic E-state index is -0.0307. The van der Waals surface area contributed by atoms with E-state index in [1.165, 1.54) is 11.9 Å². The van der Waals surface area contributed by atoms with Crippen LogP contribution in [0.5, 0.6) is 0 Å². The van der Waals surface area contributed by atoms with Crippen molar-refractivity contribution in [2.45, 2.75) is 18.9 Å². The van der Waals surface area contributed by atoms with E-state index in [-0.39, 0.29) is 11.9 Å². The summed E-state index contributed by atoms with van der Waals surface area (Å²) in [6.45, 7) is 0.783. The predicted octanol–water partition coefficient (Wildman–Crippen LogP) is 1.79. The van der Waals surface area contributed by atoms with E-state index in [0.29, 0.717) is 5.69 Å². The van der Waals surface area contributed by atoms with Crippen molar-refractivity contribution >= 4 is 5.91 Å². The van der Waals surface area contributed by atoms with Gasteiger partial charge in [0.1, 0.15) is 5.69 Å². The highest BCUT2D eigenvalue weighted by molar-refractivity contribution is 5.92. The highest BCUT2D eigenvalue weighted by Crippen LogP contribution is 2.32. The van der Waals surface area contributed by atoms with Crippen molar-refractivity contribution in [2.24, 2.45) is 7.05 Å². The van der Waals surface area contributed by atoms with Crippen LogP contribution in [0.25, 0.3) is 0 Å². The topological polar surface area (TPSA) is 51.0 Å². The minimum Gasteiger partial charge on any atom is -0.353 e. The van der Waals surface area contributed by atoms with E-state index < -0.39 is 0 Å². The number of hydrogen-bond acceptors (Lipinski definition) is 3. The molecule has 0 aromatic carbocycles. The van der Waals surface area contributed by atoms with Gasteiger partial charge in [-0.1, -0.05) is 0 Å². The minimum absolute atomic E-state index is 0.0307. The number of likely N-dealkylation sites (tertiary alicyclic amines) is 1. The Morgan fingerprint density at radius 1 is 1.42 bits per heavy atom. The summed E-state index contributed by atoms with van der Waals surface area (Å²) in [5, 5.41) is 0. The zero-order valence-corrected chi connectivity index (χ0v) is 10.9. The van der Waals surface area contributed by atoms with Gasteiger partial charge < -0.3 is 9.47 Å². The number of carbonyl (C=O) groups excluding carboxylic acids is 1. The Labute approximate surface area is 111 Å². The molecule has 1 aliphatic rings. The highest BCUT2D eigenvalue weighted by Gasteiger charge is 2.32. The fourth-order valence-electron chi connectivity index (χ4n) is 2.69. The molecular formula is C14H16N4O. The van der Waals surface area contributed by atoms with Gasteiger partial charge in [0.15, 0.2) is 0 Å². The summed E-state index contributed by atoms with van der Waals surface area (Å²) < 4.78 is 2.08. The van der Waals surface area contributed by atoms with Crippen LogP contribution in [0.4, 0.5) is 0 Å². The lowest BCUT2D eigenvalue weighted by Gasteiger charge is -2.24. The summed E-state index contributed by atoms with van der Waals surface area (Å²) in [5.41, 5.74) is 1.60. The fourth-order valence-corrected chi connectivity index (χ4v) is 2.69. The van der Waals surface area contributed by atoms with Crippen LogP contribution < -0.4 is 0 Å². The third kappa shape index (κ3) is 2.12. The molecule has 0 aliphatic carbocycles. The first-order valence-electron chi connectivity index (χ1n) is 6.45. The molecule has 5 nitrogen and oxygen atoms in total. The van der Waals surface area contributed by atoms with Crippen molar-refractivity contribution in [1.29, 1.82) is 0 Å². The molecule has 3 heterocycles. The molecule has 0 radical (unpaired) electrons. The molecule has 19 heavy (non-hydrogen) atoms. The van der Waals surface area contributed by atoms with Crippen molar-refractivity contribution in [2.75, 3.05) is 6.54 Å². The average molecular weight is 256 g/mol. The van der Waals surface area contributed by atoms with Crippen LogP contribution in [-0.2, 0) is 7.05 Å². The first-order chi connectivity index (χ1) is 9.27. The van der Waals surface area contributed by atoms with Gasteiger partial charge in [-0.3, -0.25) is 9.78 Å². The van der Waals surface area contributed by atoms with E-state index in [0.717, 1.165) is 19.4 Å². The molecule has 1 aliphatic heterocycles. The molecule has 1 amide bonds. The summed E-state index contributed by atoms with van der Waals surface area (Å²) in [5.74, 6) is -0.0307. The number of rotatable bonds is 2. The zero-order valence-electron chi connectivity index (χ0n) is 10.9. The lowest BCUT2D eigenvalue weighted by molar-refractivity contribution is 0.0724. The second kappa shape index (κ2) is 4.84. The van der Waals surface area contributed by atoms with E-state index >= 15 is 0 Å². The summed E-state index contributed by atoms with van der Waals surface area (Å²) in [6, 6.07) is 4.24. The summed E-state index contributed by atoms with van der Waals surface area (Å²) >= 11 is 0. The SMILES string of the molecule is Cn1cccc1C1CCCN1C(=O)c1cnccn1. The van der Waals surface area contributed by atoms with E-state index in [2.05, 4.69) is 20.6 Å². The molecule has 2 aromatic heterocycles. The Morgan fingerprint density at radius 2 is 2.32 bits per heavy atom. The number of hydrogen-bond donors (Lipinski definition) is 0. The van der Waals surface area contributed by atoms with Gasteiger partial charge in [-0.15, -0.1) is 0 Å². The van der Waals surface area contributed by atoms with Crippen LogP contribution >= 0.6 is 0 Å². The van der Waals surface area contributed by atoms with E-state index in [4.69, 9.17) is 0 Å². The van der Waals surface area contributed by atoms with Crippen molar-refractivity contribution in [3.63, 3.8) is 0 Å². The molecule has 0 spiro atoms. The molecule has 1 fully saturated rings. The molecule has 0 saturated carbocycles. The van der Waals surface area contributed by atoms with Crippen LogP contribution in [0.3, 0.4) is 0 Å². The molecule has 1 saturated heterocycles. The Morgan fingerprint density at radius 3 is 3.00 bits per heavy atom. The van der Waals surface area contributed by atoms with Gasteiger partial charge >= 0.3 is 0 Å². The summed E-state index contributed by atoms with van der Waals surface area (Å²) in [7, 11) is 2.01. The molecule has 1 unspecified atom stereocenters. The highest BCUT2D eigenvalue weighted by atomic mass is 16.2. The third-order valence-electron chi connectivity index (χ3n) is 3.62. The zero-order chi connectivity index (χ0) is 13.2. The average Bonchev–Trinajstić information content (AvgIpc) is 3.07. The van der Waals surface area contributed by atoms with Gasteiger partial charge in [-0.25, -0.2) is 4.98 Å². The lowest BCUT2D eigenvalue weighted by atomic mass is 10.1. The quantitative estimate of drug-likeness (QED) is 0.823. The van der Waals surface area contributed by atoms with Crippen molar-refractivity contribution in [3.8, 4) is 0 Å². The van der Waals surface area contributed by atoms with E-state index in [1.807, 2.05) is 24.2 Å². The van der Waals surface area contributed by atoms with Gasteiger partial charge in [-0.05, 0) is 25.0 Å². The largest absolute Gasteiger partial charge is 0.353 e. The van der Waals surface area contributed by atoms with Gasteiger partial charge in [0, 0.05) is 37.9 Å². The van der Waals surface area contributed by atoms with Crippen LogP contribution in [0, 0.1) is 0 Å². The second-order valence-electron chi connectivity index (χ2n) is 4.79. The Hall–Kier alpha value is -2.17. The van der Waals surface area contributed by atoms with E-state index in [9.17, 15) is 4.79 Å². The number of aromatic nitrogens is 3. The predicted molar refractivity (Wildman–Crippen MR) is 70.5 cm³/mol. The van der Waals surface area contributed by atoms with Crippen LogP contribution in [-0.4, -0.2) is 31.9 Å². The maximum Gasteiger partial charge on any atom is 0.274 e. The molecular weight excluding hydrogens is 240 g/mol. The van der Waals surface area contributed by atoms with Crippen molar-refractivity contribution in [1.82, 2.24) is 19.4 Å². The lowest BCUT2D eigenvalue weighted by Crippen LogP contribution is -2.32. The molecule has 0 bridgehead atoms. The summed E-state index contributed by atoms with van der Waals surface area (Å²) in [4.78, 5) is 22.4. The molecule has 0 N–H and O–H groups in total. The van der Waals surface area contributed by atoms with Crippen LogP contribution in [0.2, 0.25) is 0 Å². The number of carbonyl (C=O) groups is 1. The van der Waals surface area contributed by atoms with Crippen LogP contribution in [0.1, 0.15) is 35.1 Å². The number of aryl methyl sites for hydroxylation is 1. The normalized spacial score (nSPS) is 18.8. The van der Waals surface area contributed by atoms with E-state index in [1.54, 1.807) is 12.4 Å². The smallest absolute Gasteiger partial charge is 0.274 e. The Bertz CT molecular complexity index is 578. The van der Waals surface area contributed by atoms with Gasteiger partial charge in [0.25, 0.3) is 5.91 Å². The first-order valence-corrected chi connectivity index (χ1v) is 6.45. The van der Waals surface area contributed by atoms with Crippen molar-refractivity contribution < 1.29 is 4.79 Å². The van der Waals surface area contributed by atoms with Gasteiger partial charge in [0.2, 0.25) is 0 Å². The monoisotopic (exact) mass is 256 g/mol. The Balaban J connectivity index is 1.88. The van der Waals surface area contributed by atoms with Crippen LogP contribution in [0.15, 0.2) is 36.9 Å². The third-order valence-corrected chi connectivity index (χ3v) is 3.62. The maximum absolute atomic E-state index is 12.5. The van der Waals surface area contributed by atoms with Crippen molar-refractivity contribution in [3.05, 3.63) is 48.3 Å². The molecule has 3 rings (SSSR count). The second-order valence-corrected chi connectivity index (χ2v) is 4.79. The standard InChI is InChI=1S/C14H16N4O/c1-17-8-2-4-12(17)13-5-3-9-18(13)14(19)11-10-15-6-7-16-11/h2,4,6-8,10,13H,3,5,9H2,1H3. The molecule has 5 heteroatoms. The fraction of sp³-hybridized carbons (Fsp3) is 0.357. The van der Waals surface area contributed by atoms with Gasteiger partial charge in [-0.2, -0.15) is 0 Å². The summed E-state index contributed by atoms with van der Waals surface area (Å²) in [6.07, 6.45) is 8.71. The molecule has 1 atom stereocenters. The molecule has 2 aromatic rings.